The molecule has 2 aromatic heterocycles. The van der Waals surface area contributed by atoms with Crippen molar-refractivity contribution in [1.29, 1.82) is 0 Å². The maximum Gasteiger partial charge on any atom is 0.196 e. The SMILES string of the molecule is CCNCCc1ncc(-c2cc(C)c(Br)s2)o1. The van der Waals surface area contributed by atoms with Crippen molar-refractivity contribution in [2.75, 3.05) is 13.1 Å². The number of nitrogens with zero attached hydrogens (tertiary/aromatic N) is 1. The molecule has 0 fully saturated rings. The van der Waals surface area contributed by atoms with Gasteiger partial charge in [-0.1, -0.05) is 6.92 Å². The van der Waals surface area contributed by atoms with E-state index >= 15 is 0 Å². The summed E-state index contributed by atoms with van der Waals surface area (Å²) in [7, 11) is 0. The quantitative estimate of drug-likeness (QED) is 0.856. The van der Waals surface area contributed by atoms with Crippen molar-refractivity contribution in [2.45, 2.75) is 20.3 Å². The smallest absolute Gasteiger partial charge is 0.196 e. The van der Waals surface area contributed by atoms with Gasteiger partial charge < -0.3 is 9.73 Å². The van der Waals surface area contributed by atoms with Crippen LogP contribution in [0.1, 0.15) is 18.4 Å². The number of oxazole rings is 1. The van der Waals surface area contributed by atoms with Crippen molar-refractivity contribution in [3.05, 3.63) is 27.5 Å². The van der Waals surface area contributed by atoms with Gasteiger partial charge in [0, 0.05) is 13.0 Å². The van der Waals surface area contributed by atoms with E-state index in [1.165, 1.54) is 5.56 Å². The minimum atomic E-state index is 0.795. The van der Waals surface area contributed by atoms with Crippen molar-refractivity contribution in [3.63, 3.8) is 0 Å². The molecule has 2 aromatic rings. The third kappa shape index (κ3) is 3.18. The first-order valence-electron chi connectivity index (χ1n) is 5.62. The molecule has 0 aliphatic rings. The van der Waals surface area contributed by atoms with Gasteiger partial charge in [-0.25, -0.2) is 4.98 Å². The van der Waals surface area contributed by atoms with Gasteiger partial charge in [0.15, 0.2) is 11.7 Å². The van der Waals surface area contributed by atoms with E-state index in [1.54, 1.807) is 17.5 Å². The van der Waals surface area contributed by atoms with Crippen LogP contribution in [0.4, 0.5) is 0 Å². The van der Waals surface area contributed by atoms with Gasteiger partial charge >= 0.3 is 0 Å². The molecule has 3 nitrogen and oxygen atoms in total. The molecule has 0 saturated heterocycles. The molecule has 92 valence electrons. The Morgan fingerprint density at radius 3 is 3.00 bits per heavy atom. The molecule has 1 N–H and O–H groups in total. The zero-order chi connectivity index (χ0) is 12.3. The molecule has 0 radical (unpaired) electrons. The highest BCUT2D eigenvalue weighted by Gasteiger charge is 2.10. The number of aromatic nitrogens is 1. The summed E-state index contributed by atoms with van der Waals surface area (Å²) in [5.41, 5.74) is 1.23. The molecule has 2 heterocycles. The largest absolute Gasteiger partial charge is 0.440 e. The van der Waals surface area contributed by atoms with Crippen LogP contribution in [0.2, 0.25) is 0 Å². The van der Waals surface area contributed by atoms with Gasteiger partial charge in [0.1, 0.15) is 0 Å². The number of halogens is 1. The highest BCUT2D eigenvalue weighted by Crippen LogP contribution is 2.34. The van der Waals surface area contributed by atoms with Crippen LogP contribution in [0.25, 0.3) is 10.6 Å². The number of likely N-dealkylation sites (N-methyl/N-ethyl adjacent to an activating group) is 1. The van der Waals surface area contributed by atoms with E-state index in [4.69, 9.17) is 4.42 Å². The van der Waals surface area contributed by atoms with Crippen LogP contribution in [0, 0.1) is 6.92 Å². The minimum absolute atomic E-state index is 0.795. The monoisotopic (exact) mass is 314 g/mol. The third-order valence-electron chi connectivity index (χ3n) is 2.42. The van der Waals surface area contributed by atoms with Crippen LogP contribution in [-0.4, -0.2) is 18.1 Å². The number of rotatable bonds is 5. The van der Waals surface area contributed by atoms with Crippen molar-refractivity contribution < 1.29 is 4.42 Å². The molecule has 0 atom stereocenters. The number of aryl methyl sites for hydroxylation is 1. The van der Waals surface area contributed by atoms with Crippen LogP contribution in [-0.2, 0) is 6.42 Å². The topological polar surface area (TPSA) is 38.1 Å². The average Bonchev–Trinajstić information content (AvgIpc) is 2.88. The maximum absolute atomic E-state index is 5.72. The minimum Gasteiger partial charge on any atom is -0.440 e. The van der Waals surface area contributed by atoms with E-state index in [0.29, 0.717) is 0 Å². The molecule has 0 aliphatic heterocycles. The lowest BCUT2D eigenvalue weighted by molar-refractivity contribution is 0.498. The predicted octanol–water partition coefficient (Wildman–Crippen LogP) is 3.63. The van der Waals surface area contributed by atoms with Crippen molar-refractivity contribution >= 4 is 27.3 Å². The van der Waals surface area contributed by atoms with E-state index in [9.17, 15) is 0 Å². The summed E-state index contributed by atoms with van der Waals surface area (Å²) in [5, 5.41) is 3.25. The van der Waals surface area contributed by atoms with E-state index in [-0.39, 0.29) is 0 Å². The molecular formula is C12H15BrN2OS. The predicted molar refractivity (Wildman–Crippen MR) is 74.5 cm³/mol. The zero-order valence-electron chi connectivity index (χ0n) is 9.92. The lowest BCUT2D eigenvalue weighted by atomic mass is 10.3. The highest BCUT2D eigenvalue weighted by atomic mass is 79.9. The number of hydrogen-bond acceptors (Lipinski definition) is 4. The number of nitrogens with one attached hydrogen (secondary N) is 1. The Morgan fingerprint density at radius 1 is 1.53 bits per heavy atom. The number of hydrogen-bond donors (Lipinski definition) is 1. The third-order valence-corrected chi connectivity index (χ3v) is 4.57. The Bertz CT molecular complexity index is 473. The second-order valence-electron chi connectivity index (χ2n) is 3.79. The highest BCUT2D eigenvalue weighted by molar-refractivity contribution is 9.11. The summed E-state index contributed by atoms with van der Waals surface area (Å²) < 4.78 is 6.87. The molecule has 2 rings (SSSR count). The summed E-state index contributed by atoms with van der Waals surface area (Å²) in [5.74, 6) is 1.65. The molecular weight excluding hydrogens is 300 g/mol. The van der Waals surface area contributed by atoms with Gasteiger partial charge in [-0.15, -0.1) is 11.3 Å². The Balaban J connectivity index is 2.07. The molecule has 0 bridgehead atoms. The summed E-state index contributed by atoms with van der Waals surface area (Å²) in [6.07, 6.45) is 2.64. The van der Waals surface area contributed by atoms with Gasteiger partial charge in [-0.3, -0.25) is 0 Å². The van der Waals surface area contributed by atoms with E-state index in [1.807, 2.05) is 0 Å². The average molecular weight is 315 g/mol. The van der Waals surface area contributed by atoms with Crippen LogP contribution >= 0.6 is 27.3 Å². The molecule has 0 spiro atoms. The molecule has 0 aromatic carbocycles. The van der Waals surface area contributed by atoms with Crippen LogP contribution in [0.3, 0.4) is 0 Å². The summed E-state index contributed by atoms with van der Waals surface area (Å²) in [4.78, 5) is 5.41. The maximum atomic E-state index is 5.72. The molecule has 0 unspecified atom stereocenters. The normalized spacial score (nSPS) is 11.0. The van der Waals surface area contributed by atoms with E-state index in [2.05, 4.69) is 46.1 Å². The second kappa shape index (κ2) is 5.80. The van der Waals surface area contributed by atoms with Crippen molar-refractivity contribution in [3.8, 4) is 10.6 Å². The fraction of sp³-hybridized carbons (Fsp3) is 0.417. The Hall–Kier alpha value is -0.650. The summed E-state index contributed by atoms with van der Waals surface area (Å²) >= 11 is 5.19. The Labute approximate surface area is 113 Å². The van der Waals surface area contributed by atoms with Gasteiger partial charge in [0.25, 0.3) is 0 Å². The molecule has 0 amide bonds. The van der Waals surface area contributed by atoms with Crippen LogP contribution < -0.4 is 5.32 Å². The summed E-state index contributed by atoms with van der Waals surface area (Å²) in [6, 6.07) is 2.11. The van der Waals surface area contributed by atoms with Gasteiger partial charge in [-0.2, -0.15) is 0 Å². The molecule has 5 heteroatoms. The molecule has 0 saturated carbocycles. The van der Waals surface area contributed by atoms with E-state index in [0.717, 1.165) is 39.8 Å². The fourth-order valence-corrected chi connectivity index (χ4v) is 2.97. The second-order valence-corrected chi connectivity index (χ2v) is 6.16. The first kappa shape index (κ1) is 12.8. The van der Waals surface area contributed by atoms with Crippen molar-refractivity contribution in [1.82, 2.24) is 10.3 Å². The lowest BCUT2D eigenvalue weighted by Crippen LogP contribution is -2.16. The van der Waals surface area contributed by atoms with Gasteiger partial charge in [0.2, 0.25) is 0 Å². The lowest BCUT2D eigenvalue weighted by Gasteiger charge is -1.96. The van der Waals surface area contributed by atoms with E-state index < -0.39 is 0 Å². The first-order chi connectivity index (χ1) is 8.20. The number of thiophene rings is 1. The van der Waals surface area contributed by atoms with Crippen LogP contribution in [0.5, 0.6) is 0 Å². The zero-order valence-corrected chi connectivity index (χ0v) is 12.3. The van der Waals surface area contributed by atoms with Gasteiger partial charge in [-0.05, 0) is 41.0 Å². The Morgan fingerprint density at radius 2 is 2.35 bits per heavy atom. The standard InChI is InChI=1S/C12H15BrN2OS/c1-3-14-5-4-11-15-7-9(16-11)10-6-8(2)12(13)17-10/h6-7,14H,3-5H2,1-2H3. The molecule has 17 heavy (non-hydrogen) atoms. The Kier molecular flexibility index (Phi) is 4.36. The summed E-state index contributed by atoms with van der Waals surface area (Å²) in [6.45, 7) is 6.05. The first-order valence-corrected chi connectivity index (χ1v) is 7.23. The molecule has 0 aliphatic carbocycles. The van der Waals surface area contributed by atoms with Gasteiger partial charge in [0.05, 0.1) is 14.9 Å². The van der Waals surface area contributed by atoms with Crippen LogP contribution in [0.15, 0.2) is 20.5 Å². The fourth-order valence-electron chi connectivity index (χ4n) is 1.49. The van der Waals surface area contributed by atoms with Crippen molar-refractivity contribution in [2.24, 2.45) is 0 Å².